The third-order valence-electron chi connectivity index (χ3n) is 3.46. The van der Waals surface area contributed by atoms with Gasteiger partial charge < -0.3 is 5.11 Å². The minimum atomic E-state index is -4.47. The van der Waals surface area contributed by atoms with E-state index in [1.54, 1.807) is 0 Å². The molecule has 0 radical (unpaired) electrons. The largest absolute Gasteiger partial charge is 0.416 e. The Morgan fingerprint density at radius 2 is 2.05 bits per heavy atom. The number of benzene rings is 1. The van der Waals surface area contributed by atoms with Crippen molar-refractivity contribution >= 4 is 0 Å². The molecule has 1 atom stereocenters. The van der Waals surface area contributed by atoms with Gasteiger partial charge in [0.2, 0.25) is 0 Å². The van der Waals surface area contributed by atoms with Crippen molar-refractivity contribution in [2.45, 2.75) is 31.6 Å². The molecule has 106 valence electrons. The van der Waals surface area contributed by atoms with Crippen molar-refractivity contribution < 1.29 is 22.7 Å². The van der Waals surface area contributed by atoms with E-state index in [1.807, 2.05) is 4.90 Å². The highest BCUT2D eigenvalue weighted by Gasteiger charge is 2.32. The van der Waals surface area contributed by atoms with E-state index >= 15 is 0 Å². The molecule has 1 saturated heterocycles. The lowest BCUT2D eigenvalue weighted by Gasteiger charge is -2.23. The van der Waals surface area contributed by atoms with E-state index in [0.29, 0.717) is 6.54 Å². The van der Waals surface area contributed by atoms with Crippen LogP contribution in [0.5, 0.6) is 0 Å². The fourth-order valence-corrected chi connectivity index (χ4v) is 2.40. The van der Waals surface area contributed by atoms with Gasteiger partial charge in [0, 0.05) is 18.2 Å². The van der Waals surface area contributed by atoms with Gasteiger partial charge >= 0.3 is 6.18 Å². The molecule has 0 saturated carbocycles. The molecule has 1 aromatic rings. The number of hydrogen-bond acceptors (Lipinski definition) is 2. The number of hydrogen-bond donors (Lipinski definition) is 1. The van der Waals surface area contributed by atoms with Crippen molar-refractivity contribution in [2.75, 3.05) is 13.2 Å². The highest BCUT2D eigenvalue weighted by molar-refractivity contribution is 5.27. The molecule has 2 rings (SSSR count). The number of nitrogens with zero attached hydrogens (tertiary/aromatic N) is 1. The van der Waals surface area contributed by atoms with Crippen molar-refractivity contribution in [1.82, 2.24) is 4.90 Å². The van der Waals surface area contributed by atoms with Gasteiger partial charge in [-0.15, -0.1) is 0 Å². The van der Waals surface area contributed by atoms with Gasteiger partial charge in [0.25, 0.3) is 0 Å². The smallest absolute Gasteiger partial charge is 0.395 e. The Bertz CT molecular complexity index is 447. The zero-order chi connectivity index (χ0) is 14.0. The number of rotatable bonds is 3. The molecule has 1 aliphatic rings. The molecule has 1 heterocycles. The first kappa shape index (κ1) is 14.3. The molecule has 0 amide bonds. The van der Waals surface area contributed by atoms with E-state index < -0.39 is 17.6 Å². The van der Waals surface area contributed by atoms with E-state index in [9.17, 15) is 17.6 Å². The lowest BCUT2D eigenvalue weighted by atomic mass is 10.1. The van der Waals surface area contributed by atoms with Crippen LogP contribution in [0.2, 0.25) is 0 Å². The summed E-state index contributed by atoms with van der Waals surface area (Å²) in [6, 6.07) is 2.35. The minimum absolute atomic E-state index is 0.0233. The van der Waals surface area contributed by atoms with Gasteiger partial charge in [0.1, 0.15) is 5.82 Å². The lowest BCUT2D eigenvalue weighted by Crippen LogP contribution is -2.32. The maximum Gasteiger partial charge on any atom is 0.416 e. The van der Waals surface area contributed by atoms with Crippen molar-refractivity contribution in [3.8, 4) is 0 Å². The van der Waals surface area contributed by atoms with Crippen molar-refractivity contribution in [2.24, 2.45) is 0 Å². The number of halogens is 4. The number of aliphatic hydroxyl groups excluding tert-OH is 1. The van der Waals surface area contributed by atoms with Crippen molar-refractivity contribution in [3.63, 3.8) is 0 Å². The fourth-order valence-electron chi connectivity index (χ4n) is 2.40. The Hall–Kier alpha value is -1.14. The molecular weight excluding hydrogens is 262 g/mol. The van der Waals surface area contributed by atoms with Crippen LogP contribution in [0, 0.1) is 5.82 Å². The van der Waals surface area contributed by atoms with Crippen LogP contribution in [0.15, 0.2) is 18.2 Å². The van der Waals surface area contributed by atoms with E-state index in [0.717, 1.165) is 31.0 Å². The SMILES string of the molecule is OC[C@@H]1CCCN1Cc1cc(C(F)(F)F)ccc1F. The summed E-state index contributed by atoms with van der Waals surface area (Å²) < 4.78 is 51.3. The van der Waals surface area contributed by atoms with Gasteiger partial charge in [-0.1, -0.05) is 0 Å². The summed E-state index contributed by atoms with van der Waals surface area (Å²) in [5, 5.41) is 9.15. The molecule has 1 aromatic carbocycles. The van der Waals surface area contributed by atoms with Crippen LogP contribution in [0.4, 0.5) is 17.6 Å². The van der Waals surface area contributed by atoms with E-state index in [-0.39, 0.29) is 24.8 Å². The van der Waals surface area contributed by atoms with Gasteiger partial charge in [-0.2, -0.15) is 13.2 Å². The summed E-state index contributed by atoms with van der Waals surface area (Å²) in [4.78, 5) is 1.82. The second kappa shape index (κ2) is 5.46. The molecule has 1 N–H and O–H groups in total. The molecule has 0 unspecified atom stereocenters. The second-order valence-corrected chi connectivity index (χ2v) is 4.75. The highest BCUT2D eigenvalue weighted by Crippen LogP contribution is 2.31. The van der Waals surface area contributed by atoms with Gasteiger partial charge in [-0.3, -0.25) is 4.90 Å². The molecule has 0 bridgehead atoms. The fraction of sp³-hybridized carbons (Fsp3) is 0.538. The van der Waals surface area contributed by atoms with Crippen LogP contribution in [0.25, 0.3) is 0 Å². The molecule has 1 fully saturated rings. The number of likely N-dealkylation sites (tertiary alicyclic amines) is 1. The Kier molecular flexibility index (Phi) is 4.10. The van der Waals surface area contributed by atoms with Crippen LogP contribution in [-0.4, -0.2) is 29.2 Å². The summed E-state index contributed by atoms with van der Waals surface area (Å²) in [5.74, 6) is -0.642. The van der Waals surface area contributed by atoms with E-state index in [2.05, 4.69) is 0 Å². The molecular formula is C13H15F4NO. The molecule has 19 heavy (non-hydrogen) atoms. The van der Waals surface area contributed by atoms with Crippen LogP contribution < -0.4 is 0 Å². The topological polar surface area (TPSA) is 23.5 Å². The van der Waals surface area contributed by atoms with Crippen LogP contribution >= 0.6 is 0 Å². The molecule has 0 aromatic heterocycles. The zero-order valence-electron chi connectivity index (χ0n) is 10.3. The summed E-state index contributed by atoms with van der Waals surface area (Å²) in [6.45, 7) is 0.711. The maximum absolute atomic E-state index is 13.6. The van der Waals surface area contributed by atoms with Crippen molar-refractivity contribution in [1.29, 1.82) is 0 Å². The summed E-state index contributed by atoms with van der Waals surface area (Å²) in [5.41, 5.74) is -0.821. The van der Waals surface area contributed by atoms with Crippen LogP contribution in [0.1, 0.15) is 24.0 Å². The zero-order valence-corrected chi connectivity index (χ0v) is 10.3. The first-order chi connectivity index (χ1) is 8.91. The molecule has 2 nitrogen and oxygen atoms in total. The van der Waals surface area contributed by atoms with Gasteiger partial charge in [0.15, 0.2) is 0 Å². The second-order valence-electron chi connectivity index (χ2n) is 4.75. The Morgan fingerprint density at radius 3 is 2.68 bits per heavy atom. The molecule has 0 spiro atoms. The summed E-state index contributed by atoms with van der Waals surface area (Å²) in [7, 11) is 0. The third-order valence-corrected chi connectivity index (χ3v) is 3.46. The Labute approximate surface area is 108 Å². The predicted octanol–water partition coefficient (Wildman–Crippen LogP) is 2.80. The van der Waals surface area contributed by atoms with Crippen molar-refractivity contribution in [3.05, 3.63) is 35.1 Å². The molecule has 0 aliphatic carbocycles. The average Bonchev–Trinajstić information content (AvgIpc) is 2.77. The van der Waals surface area contributed by atoms with E-state index in [4.69, 9.17) is 5.11 Å². The minimum Gasteiger partial charge on any atom is -0.395 e. The molecule has 6 heteroatoms. The monoisotopic (exact) mass is 277 g/mol. The Morgan fingerprint density at radius 1 is 1.32 bits per heavy atom. The standard InChI is InChI=1S/C13H15F4NO/c14-12-4-3-10(13(15,16)17)6-9(12)7-18-5-1-2-11(18)8-19/h3-4,6,11,19H,1-2,5,7-8H2/t11-/m0/s1. The van der Waals surface area contributed by atoms with Crippen LogP contribution in [-0.2, 0) is 12.7 Å². The Balaban J connectivity index is 2.20. The van der Waals surface area contributed by atoms with Gasteiger partial charge in [0.05, 0.1) is 12.2 Å². The first-order valence-corrected chi connectivity index (χ1v) is 6.12. The lowest BCUT2D eigenvalue weighted by molar-refractivity contribution is -0.137. The third kappa shape index (κ3) is 3.25. The normalized spacial score (nSPS) is 21.0. The first-order valence-electron chi connectivity index (χ1n) is 6.12. The average molecular weight is 277 g/mol. The number of aliphatic hydroxyl groups is 1. The maximum atomic E-state index is 13.6. The quantitative estimate of drug-likeness (QED) is 0.859. The highest BCUT2D eigenvalue weighted by atomic mass is 19.4. The van der Waals surface area contributed by atoms with Gasteiger partial charge in [-0.25, -0.2) is 4.39 Å². The number of alkyl halides is 3. The summed E-state index contributed by atoms with van der Waals surface area (Å²) >= 11 is 0. The van der Waals surface area contributed by atoms with Crippen LogP contribution in [0.3, 0.4) is 0 Å². The molecule has 1 aliphatic heterocycles. The summed E-state index contributed by atoms with van der Waals surface area (Å²) in [6.07, 6.45) is -2.81. The van der Waals surface area contributed by atoms with Gasteiger partial charge in [-0.05, 0) is 37.6 Å². The predicted molar refractivity (Wildman–Crippen MR) is 61.9 cm³/mol. The van der Waals surface area contributed by atoms with E-state index in [1.165, 1.54) is 0 Å².